The average Bonchev–Trinajstić information content (AvgIpc) is 2.70. The largest absolute Gasteiger partial charge is 0.493 e. The molecule has 28 heavy (non-hydrogen) atoms. The van der Waals surface area contributed by atoms with Crippen LogP contribution in [0.15, 0.2) is 59.4 Å². The number of aromatic nitrogens is 1. The van der Waals surface area contributed by atoms with Gasteiger partial charge >= 0.3 is 5.97 Å². The van der Waals surface area contributed by atoms with Crippen LogP contribution < -0.4 is 14.8 Å². The van der Waals surface area contributed by atoms with Crippen LogP contribution in [0.4, 0.5) is 0 Å². The lowest BCUT2D eigenvalue weighted by Gasteiger charge is -2.10. The van der Waals surface area contributed by atoms with Crippen LogP contribution in [-0.4, -0.2) is 30.5 Å². The summed E-state index contributed by atoms with van der Waals surface area (Å²) in [5.41, 5.74) is 0.728. The van der Waals surface area contributed by atoms with E-state index >= 15 is 0 Å². The highest BCUT2D eigenvalue weighted by molar-refractivity contribution is 9.10. The molecular formula is C20H16BrN3O4. The molecule has 1 heterocycles. The monoisotopic (exact) mass is 441 g/mol. The van der Waals surface area contributed by atoms with Crippen molar-refractivity contribution in [2.24, 2.45) is 0 Å². The topological polar surface area (TPSA) is 101 Å². The van der Waals surface area contributed by atoms with E-state index in [4.69, 9.17) is 9.47 Å². The molecule has 0 unspecified atom stereocenters. The summed E-state index contributed by atoms with van der Waals surface area (Å²) in [4.78, 5) is 28.1. The lowest BCUT2D eigenvalue weighted by atomic mass is 10.1. The predicted octanol–water partition coefficient (Wildman–Crippen LogP) is 3.28. The number of pyridine rings is 1. The number of nitrogens with zero attached hydrogens (tertiary/aromatic N) is 2. The van der Waals surface area contributed by atoms with Gasteiger partial charge in [0.1, 0.15) is 11.6 Å². The minimum absolute atomic E-state index is 0.0751. The van der Waals surface area contributed by atoms with E-state index in [9.17, 15) is 14.9 Å². The Morgan fingerprint density at radius 2 is 2.11 bits per heavy atom. The Labute approximate surface area is 170 Å². The zero-order chi connectivity index (χ0) is 20.5. The van der Waals surface area contributed by atoms with Crippen LogP contribution in [0.1, 0.15) is 15.9 Å². The average molecular weight is 442 g/mol. The van der Waals surface area contributed by atoms with Gasteiger partial charge in [-0.15, -0.1) is 6.58 Å². The van der Waals surface area contributed by atoms with E-state index in [-0.39, 0.29) is 29.2 Å². The second-order valence-electron chi connectivity index (χ2n) is 5.36. The predicted molar refractivity (Wildman–Crippen MR) is 107 cm³/mol. The van der Waals surface area contributed by atoms with Gasteiger partial charge < -0.3 is 14.8 Å². The Morgan fingerprint density at radius 1 is 1.32 bits per heavy atom. The highest BCUT2D eigenvalue weighted by Gasteiger charge is 2.14. The molecule has 0 atom stereocenters. The molecule has 0 spiro atoms. The van der Waals surface area contributed by atoms with Crippen LogP contribution in [-0.2, 0) is 4.79 Å². The maximum atomic E-state index is 12.3. The van der Waals surface area contributed by atoms with Gasteiger partial charge in [-0.1, -0.05) is 12.1 Å². The number of rotatable bonds is 7. The third-order valence-electron chi connectivity index (χ3n) is 3.41. The molecule has 0 aliphatic carbocycles. The number of amides is 1. The number of carbonyl (C=O) groups excluding carboxylic acids is 2. The minimum atomic E-state index is -0.600. The van der Waals surface area contributed by atoms with Crippen molar-refractivity contribution in [3.8, 4) is 17.6 Å². The lowest BCUT2D eigenvalue weighted by molar-refractivity contribution is -0.116. The SMILES string of the molecule is C=CCNC(=O)/C(C#N)=C\c1ccc(OC(=O)c2cncc(Br)c2)c(OC)c1. The van der Waals surface area contributed by atoms with Crippen molar-refractivity contribution in [1.82, 2.24) is 10.3 Å². The molecule has 142 valence electrons. The number of benzene rings is 1. The van der Waals surface area contributed by atoms with Gasteiger partial charge in [0.15, 0.2) is 11.5 Å². The molecule has 1 aromatic heterocycles. The van der Waals surface area contributed by atoms with Crippen LogP contribution in [0.25, 0.3) is 6.08 Å². The summed E-state index contributed by atoms with van der Waals surface area (Å²) in [7, 11) is 1.42. The van der Waals surface area contributed by atoms with Gasteiger partial charge in [0.05, 0.1) is 12.7 Å². The second kappa shape index (κ2) is 10.0. The van der Waals surface area contributed by atoms with Crippen molar-refractivity contribution in [3.05, 3.63) is 70.5 Å². The summed E-state index contributed by atoms with van der Waals surface area (Å²) < 4.78 is 11.3. The Balaban J connectivity index is 2.25. The number of hydrogen-bond donors (Lipinski definition) is 1. The van der Waals surface area contributed by atoms with Crippen LogP contribution >= 0.6 is 15.9 Å². The first-order chi connectivity index (χ1) is 13.5. The number of ether oxygens (including phenoxy) is 2. The fraction of sp³-hybridized carbons (Fsp3) is 0.100. The molecule has 0 saturated heterocycles. The zero-order valence-corrected chi connectivity index (χ0v) is 16.5. The second-order valence-corrected chi connectivity index (χ2v) is 6.28. The zero-order valence-electron chi connectivity index (χ0n) is 14.9. The number of halogens is 1. The summed E-state index contributed by atoms with van der Waals surface area (Å²) in [6.45, 7) is 3.75. The molecule has 0 saturated carbocycles. The van der Waals surface area contributed by atoms with Crippen molar-refractivity contribution in [2.75, 3.05) is 13.7 Å². The molecule has 0 fully saturated rings. The molecule has 2 aromatic rings. The fourth-order valence-electron chi connectivity index (χ4n) is 2.12. The minimum Gasteiger partial charge on any atom is -0.493 e. The molecule has 1 N–H and O–H groups in total. The smallest absolute Gasteiger partial charge is 0.345 e. The van der Waals surface area contributed by atoms with Crippen molar-refractivity contribution >= 4 is 33.9 Å². The van der Waals surface area contributed by atoms with Crippen LogP contribution in [0.3, 0.4) is 0 Å². The van der Waals surface area contributed by atoms with Crippen molar-refractivity contribution in [2.45, 2.75) is 0 Å². The highest BCUT2D eigenvalue weighted by atomic mass is 79.9. The maximum Gasteiger partial charge on any atom is 0.345 e. The van der Waals surface area contributed by atoms with E-state index in [1.165, 1.54) is 31.5 Å². The number of nitriles is 1. The molecule has 0 aliphatic rings. The Hall–Kier alpha value is -3.44. The molecule has 0 radical (unpaired) electrons. The Morgan fingerprint density at radius 3 is 2.75 bits per heavy atom. The van der Waals surface area contributed by atoms with Crippen LogP contribution in [0.5, 0.6) is 11.5 Å². The van der Waals surface area contributed by atoms with Gasteiger partial charge in [-0.05, 0) is 45.8 Å². The van der Waals surface area contributed by atoms with E-state index in [0.717, 1.165) is 0 Å². The van der Waals surface area contributed by atoms with Gasteiger partial charge in [-0.2, -0.15) is 5.26 Å². The molecule has 8 heteroatoms. The van der Waals surface area contributed by atoms with E-state index < -0.39 is 11.9 Å². The normalized spacial score (nSPS) is 10.5. The third kappa shape index (κ3) is 5.53. The third-order valence-corrected chi connectivity index (χ3v) is 3.85. The quantitative estimate of drug-likeness (QED) is 0.232. The summed E-state index contributed by atoms with van der Waals surface area (Å²) >= 11 is 3.24. The maximum absolute atomic E-state index is 12.3. The summed E-state index contributed by atoms with van der Waals surface area (Å²) in [5.74, 6) is -0.649. The van der Waals surface area contributed by atoms with E-state index in [2.05, 4.69) is 32.8 Å². The molecule has 0 aliphatic heterocycles. The number of methoxy groups -OCH3 is 1. The highest BCUT2D eigenvalue weighted by Crippen LogP contribution is 2.30. The first-order valence-electron chi connectivity index (χ1n) is 8.00. The van der Waals surface area contributed by atoms with Crippen molar-refractivity contribution < 1.29 is 19.1 Å². The Bertz CT molecular complexity index is 980. The van der Waals surface area contributed by atoms with Crippen LogP contribution in [0.2, 0.25) is 0 Å². The standard InChI is InChI=1S/C20H16BrN3O4/c1-3-6-24-19(25)14(10-22)7-13-4-5-17(18(8-13)27-2)28-20(26)15-9-16(21)12-23-11-15/h3-5,7-9,11-12H,1,6H2,2H3,(H,24,25)/b14-7-. The molecular weight excluding hydrogens is 426 g/mol. The van der Waals surface area contributed by atoms with Gasteiger partial charge in [0.25, 0.3) is 5.91 Å². The number of nitrogens with one attached hydrogen (secondary N) is 1. The molecule has 2 rings (SSSR count). The van der Waals surface area contributed by atoms with Gasteiger partial charge in [0, 0.05) is 23.4 Å². The van der Waals surface area contributed by atoms with Gasteiger partial charge in [-0.25, -0.2) is 4.79 Å². The molecule has 1 aromatic carbocycles. The molecule has 1 amide bonds. The first-order valence-corrected chi connectivity index (χ1v) is 8.79. The van der Waals surface area contributed by atoms with E-state index in [1.807, 2.05) is 6.07 Å². The number of esters is 1. The number of carbonyl (C=O) groups is 2. The molecule has 7 nitrogen and oxygen atoms in total. The molecule has 0 bridgehead atoms. The van der Waals surface area contributed by atoms with Gasteiger partial charge in [0.2, 0.25) is 0 Å². The van der Waals surface area contributed by atoms with Gasteiger partial charge in [-0.3, -0.25) is 9.78 Å². The summed E-state index contributed by atoms with van der Waals surface area (Å²) in [6.07, 6.45) is 5.86. The number of hydrogen-bond acceptors (Lipinski definition) is 6. The summed E-state index contributed by atoms with van der Waals surface area (Å²) in [5, 5.41) is 11.7. The first kappa shape index (κ1) is 20.9. The van der Waals surface area contributed by atoms with E-state index in [1.54, 1.807) is 24.4 Å². The fourth-order valence-corrected chi connectivity index (χ4v) is 2.48. The van der Waals surface area contributed by atoms with Crippen molar-refractivity contribution in [3.63, 3.8) is 0 Å². The summed E-state index contributed by atoms with van der Waals surface area (Å²) in [6, 6.07) is 8.10. The van der Waals surface area contributed by atoms with Crippen molar-refractivity contribution in [1.29, 1.82) is 5.26 Å². The Kier molecular flexibility index (Phi) is 7.48. The van der Waals surface area contributed by atoms with E-state index in [0.29, 0.717) is 10.0 Å². The lowest BCUT2D eigenvalue weighted by Crippen LogP contribution is -2.24. The van der Waals surface area contributed by atoms with Crippen LogP contribution in [0, 0.1) is 11.3 Å².